The third-order valence-corrected chi connectivity index (χ3v) is 4.50. The Kier molecular flexibility index (Phi) is 6.01. The molecule has 0 bridgehead atoms. The summed E-state index contributed by atoms with van der Waals surface area (Å²) in [6.07, 6.45) is 3.52. The fourth-order valence-electron chi connectivity index (χ4n) is 2.85. The average molecular weight is 302 g/mol. The molecule has 1 aliphatic heterocycles. The number of likely N-dealkylation sites (tertiary alicyclic amines) is 1. The summed E-state index contributed by atoms with van der Waals surface area (Å²) in [6, 6.07) is 10.7. The maximum Gasteiger partial charge on any atom is 0.225 e. The second kappa shape index (κ2) is 7.77. The van der Waals surface area contributed by atoms with Gasteiger partial charge in [-0.05, 0) is 43.8 Å². The molecule has 2 rings (SSSR count). The topological polar surface area (TPSA) is 32.3 Å². The smallest absolute Gasteiger partial charge is 0.225 e. The molecule has 1 aromatic rings. The van der Waals surface area contributed by atoms with Crippen LogP contribution in [-0.4, -0.2) is 37.0 Å². The van der Waals surface area contributed by atoms with Gasteiger partial charge in [0.2, 0.25) is 5.91 Å². The number of hydrogen-bond donors (Lipinski definition) is 1. The van der Waals surface area contributed by atoms with E-state index in [0.717, 1.165) is 32.6 Å². The number of amides is 1. The highest BCUT2D eigenvalue weighted by Crippen LogP contribution is 2.18. The minimum atomic E-state index is -0.281. The Bertz CT molecular complexity index is 456. The quantitative estimate of drug-likeness (QED) is 0.906. The zero-order valence-corrected chi connectivity index (χ0v) is 14.3. The fourth-order valence-corrected chi connectivity index (χ4v) is 2.85. The van der Waals surface area contributed by atoms with Crippen LogP contribution < -0.4 is 5.32 Å². The summed E-state index contributed by atoms with van der Waals surface area (Å²) in [6.45, 7) is 10.2. The molecule has 1 aliphatic rings. The number of benzene rings is 1. The second-order valence-electron chi connectivity index (χ2n) is 7.48. The number of hydrogen-bond acceptors (Lipinski definition) is 2. The SMILES string of the molecule is CC(C)(C)C(=O)NCC1CCN(CCc2ccccc2)CC1. The predicted molar refractivity (Wildman–Crippen MR) is 91.8 cm³/mol. The van der Waals surface area contributed by atoms with E-state index in [1.165, 1.54) is 18.4 Å². The molecule has 1 amide bonds. The van der Waals surface area contributed by atoms with Crippen molar-refractivity contribution in [3.63, 3.8) is 0 Å². The highest BCUT2D eigenvalue weighted by atomic mass is 16.2. The van der Waals surface area contributed by atoms with Crippen LogP contribution in [0.2, 0.25) is 0 Å². The second-order valence-corrected chi connectivity index (χ2v) is 7.48. The predicted octanol–water partition coefficient (Wildman–Crippen LogP) is 3.10. The van der Waals surface area contributed by atoms with Gasteiger partial charge >= 0.3 is 0 Å². The zero-order chi connectivity index (χ0) is 16.0. The lowest BCUT2D eigenvalue weighted by Crippen LogP contribution is -2.42. The minimum absolute atomic E-state index is 0.166. The summed E-state index contributed by atoms with van der Waals surface area (Å²) in [4.78, 5) is 14.5. The van der Waals surface area contributed by atoms with Crippen LogP contribution in [0.15, 0.2) is 30.3 Å². The van der Waals surface area contributed by atoms with Crippen molar-refractivity contribution in [3.8, 4) is 0 Å². The summed E-state index contributed by atoms with van der Waals surface area (Å²) in [5.41, 5.74) is 1.14. The molecule has 1 fully saturated rings. The monoisotopic (exact) mass is 302 g/mol. The van der Waals surface area contributed by atoms with Crippen molar-refractivity contribution >= 4 is 5.91 Å². The van der Waals surface area contributed by atoms with Gasteiger partial charge in [0.05, 0.1) is 0 Å². The standard InChI is InChI=1S/C19H30N2O/c1-19(2,3)18(22)20-15-17-10-13-21(14-11-17)12-9-16-7-5-4-6-8-16/h4-8,17H,9-15H2,1-3H3,(H,20,22). The number of piperidine rings is 1. The summed E-state index contributed by atoms with van der Waals surface area (Å²) in [5, 5.41) is 3.11. The first kappa shape index (κ1) is 17.0. The van der Waals surface area contributed by atoms with Crippen LogP contribution in [0, 0.1) is 11.3 Å². The number of nitrogens with one attached hydrogen (secondary N) is 1. The van der Waals surface area contributed by atoms with E-state index in [0.29, 0.717) is 5.92 Å². The van der Waals surface area contributed by atoms with Gasteiger partial charge in [0.25, 0.3) is 0 Å². The van der Waals surface area contributed by atoms with Crippen molar-refractivity contribution in [2.45, 2.75) is 40.0 Å². The molecular weight excluding hydrogens is 272 g/mol. The van der Waals surface area contributed by atoms with E-state index in [4.69, 9.17) is 0 Å². The number of rotatable bonds is 5. The highest BCUT2D eigenvalue weighted by molar-refractivity contribution is 5.81. The van der Waals surface area contributed by atoms with Crippen LogP contribution in [-0.2, 0) is 11.2 Å². The Hall–Kier alpha value is -1.35. The van der Waals surface area contributed by atoms with E-state index >= 15 is 0 Å². The third-order valence-electron chi connectivity index (χ3n) is 4.50. The molecular formula is C19H30N2O. The van der Waals surface area contributed by atoms with Gasteiger partial charge < -0.3 is 10.2 Å². The summed E-state index contributed by atoms with van der Waals surface area (Å²) < 4.78 is 0. The van der Waals surface area contributed by atoms with Crippen molar-refractivity contribution in [1.82, 2.24) is 10.2 Å². The lowest BCUT2D eigenvalue weighted by atomic mass is 9.93. The maximum absolute atomic E-state index is 11.9. The van der Waals surface area contributed by atoms with Crippen molar-refractivity contribution in [2.24, 2.45) is 11.3 Å². The summed E-state index contributed by atoms with van der Waals surface area (Å²) in [7, 11) is 0. The molecule has 22 heavy (non-hydrogen) atoms. The first-order valence-corrected chi connectivity index (χ1v) is 8.50. The Morgan fingerprint density at radius 3 is 2.41 bits per heavy atom. The van der Waals surface area contributed by atoms with Crippen molar-refractivity contribution < 1.29 is 4.79 Å². The normalized spacial score (nSPS) is 17.4. The summed E-state index contributed by atoms with van der Waals surface area (Å²) >= 11 is 0. The van der Waals surface area contributed by atoms with E-state index in [1.807, 2.05) is 20.8 Å². The first-order valence-electron chi connectivity index (χ1n) is 8.50. The molecule has 0 unspecified atom stereocenters. The minimum Gasteiger partial charge on any atom is -0.355 e. The molecule has 3 heteroatoms. The van der Waals surface area contributed by atoms with Crippen LogP contribution in [0.25, 0.3) is 0 Å². The number of carbonyl (C=O) groups is 1. The fraction of sp³-hybridized carbons (Fsp3) is 0.632. The summed E-state index contributed by atoms with van der Waals surface area (Å²) in [5.74, 6) is 0.804. The van der Waals surface area contributed by atoms with Gasteiger partial charge in [0.15, 0.2) is 0 Å². The third kappa shape index (κ3) is 5.45. The van der Waals surface area contributed by atoms with Crippen LogP contribution >= 0.6 is 0 Å². The van der Waals surface area contributed by atoms with Gasteiger partial charge in [-0.1, -0.05) is 51.1 Å². The molecule has 0 atom stereocenters. The van der Waals surface area contributed by atoms with Crippen LogP contribution in [0.3, 0.4) is 0 Å². The number of carbonyl (C=O) groups excluding carboxylic acids is 1. The van der Waals surface area contributed by atoms with E-state index in [-0.39, 0.29) is 11.3 Å². The van der Waals surface area contributed by atoms with Crippen molar-refractivity contribution in [1.29, 1.82) is 0 Å². The van der Waals surface area contributed by atoms with Gasteiger partial charge in [-0.25, -0.2) is 0 Å². The highest BCUT2D eigenvalue weighted by Gasteiger charge is 2.23. The van der Waals surface area contributed by atoms with Gasteiger partial charge in [-0.15, -0.1) is 0 Å². The van der Waals surface area contributed by atoms with Crippen LogP contribution in [0.1, 0.15) is 39.2 Å². The van der Waals surface area contributed by atoms with Gasteiger partial charge in [0, 0.05) is 18.5 Å². The first-order chi connectivity index (χ1) is 10.4. The molecule has 1 saturated heterocycles. The van der Waals surface area contributed by atoms with Crippen LogP contribution in [0.4, 0.5) is 0 Å². The molecule has 0 radical (unpaired) electrons. The number of nitrogens with zero attached hydrogens (tertiary/aromatic N) is 1. The Morgan fingerprint density at radius 1 is 1.18 bits per heavy atom. The molecule has 122 valence electrons. The molecule has 0 saturated carbocycles. The molecule has 1 heterocycles. The molecule has 1 N–H and O–H groups in total. The van der Waals surface area contributed by atoms with E-state index in [1.54, 1.807) is 0 Å². The van der Waals surface area contributed by atoms with Crippen molar-refractivity contribution in [2.75, 3.05) is 26.2 Å². The van der Waals surface area contributed by atoms with Crippen LogP contribution in [0.5, 0.6) is 0 Å². The largest absolute Gasteiger partial charge is 0.355 e. The molecule has 0 spiro atoms. The molecule has 0 aromatic heterocycles. The Balaban J connectivity index is 1.64. The molecule has 3 nitrogen and oxygen atoms in total. The Labute approximate surface area is 135 Å². The average Bonchev–Trinajstić information content (AvgIpc) is 2.51. The Morgan fingerprint density at radius 2 is 1.82 bits per heavy atom. The molecule has 0 aliphatic carbocycles. The zero-order valence-electron chi connectivity index (χ0n) is 14.3. The van der Waals surface area contributed by atoms with Gasteiger partial charge in [0.1, 0.15) is 0 Å². The van der Waals surface area contributed by atoms with Gasteiger partial charge in [-0.2, -0.15) is 0 Å². The molecule has 1 aromatic carbocycles. The van der Waals surface area contributed by atoms with E-state index in [2.05, 4.69) is 40.5 Å². The van der Waals surface area contributed by atoms with Crippen molar-refractivity contribution in [3.05, 3.63) is 35.9 Å². The lowest BCUT2D eigenvalue weighted by Gasteiger charge is -2.32. The maximum atomic E-state index is 11.9. The van der Waals surface area contributed by atoms with E-state index < -0.39 is 0 Å². The van der Waals surface area contributed by atoms with E-state index in [9.17, 15) is 4.79 Å². The lowest BCUT2D eigenvalue weighted by molar-refractivity contribution is -0.128. The van der Waals surface area contributed by atoms with Gasteiger partial charge in [-0.3, -0.25) is 4.79 Å².